The predicted molar refractivity (Wildman–Crippen MR) is 155 cm³/mol. The minimum Gasteiger partial charge on any atom is -0.493 e. The Kier molecular flexibility index (Phi) is 10.6. The Bertz CT molecular complexity index is 916. The second kappa shape index (κ2) is 14.1. The van der Waals surface area contributed by atoms with Crippen LogP contribution < -0.4 is 14.2 Å². The van der Waals surface area contributed by atoms with Gasteiger partial charge in [-0.15, -0.1) is 0 Å². The zero-order valence-corrected chi connectivity index (χ0v) is 24.0. The Morgan fingerprint density at radius 2 is 1.05 bits per heavy atom. The van der Waals surface area contributed by atoms with Crippen molar-refractivity contribution in [2.75, 3.05) is 13.2 Å². The van der Waals surface area contributed by atoms with E-state index in [2.05, 4.69) is 52.0 Å². The summed E-state index contributed by atoms with van der Waals surface area (Å²) in [6.07, 6.45) is 17.5. The Morgan fingerprint density at radius 3 is 1.49 bits per heavy atom. The van der Waals surface area contributed by atoms with Gasteiger partial charge in [-0.2, -0.15) is 0 Å². The number of fused-ring (bicyclic) bond motifs is 2. The van der Waals surface area contributed by atoms with Gasteiger partial charge < -0.3 is 14.2 Å². The van der Waals surface area contributed by atoms with Gasteiger partial charge in [-0.1, -0.05) is 104 Å². The molecule has 204 valence electrons. The van der Waals surface area contributed by atoms with E-state index < -0.39 is 0 Å². The number of hydrogen-bond acceptors (Lipinski definition) is 3. The third-order valence-electron chi connectivity index (χ3n) is 8.46. The van der Waals surface area contributed by atoms with Crippen LogP contribution in [0.1, 0.15) is 139 Å². The topological polar surface area (TPSA) is 27.7 Å². The quantitative estimate of drug-likeness (QED) is 0.212. The number of ether oxygens (including phenoxy) is 3. The van der Waals surface area contributed by atoms with Crippen LogP contribution in [0.5, 0.6) is 23.0 Å². The first kappa shape index (κ1) is 27.9. The molecule has 0 N–H and O–H groups in total. The molecule has 3 heteroatoms. The third-order valence-corrected chi connectivity index (χ3v) is 8.46. The molecule has 2 aliphatic rings. The number of hydrogen-bond donors (Lipinski definition) is 0. The van der Waals surface area contributed by atoms with E-state index in [9.17, 15) is 0 Å². The summed E-state index contributed by atoms with van der Waals surface area (Å²) in [5.74, 6) is 5.07. The van der Waals surface area contributed by atoms with E-state index in [4.69, 9.17) is 14.2 Å². The van der Waals surface area contributed by atoms with E-state index in [1.165, 1.54) is 99.3 Å². The molecular weight excluding hydrogens is 456 g/mol. The van der Waals surface area contributed by atoms with Crippen LogP contribution in [0.4, 0.5) is 0 Å². The zero-order chi connectivity index (χ0) is 26.0. The van der Waals surface area contributed by atoms with E-state index >= 15 is 0 Å². The van der Waals surface area contributed by atoms with Gasteiger partial charge in [-0.05, 0) is 47.9 Å². The first-order chi connectivity index (χ1) is 18.1. The molecule has 0 spiro atoms. The molecule has 0 saturated carbocycles. The summed E-state index contributed by atoms with van der Waals surface area (Å²) in [5.41, 5.74) is 5.19. The molecule has 0 fully saturated rings. The summed E-state index contributed by atoms with van der Waals surface area (Å²) in [7, 11) is 0. The number of rotatable bonds is 16. The lowest BCUT2D eigenvalue weighted by Crippen LogP contribution is -2.05. The van der Waals surface area contributed by atoms with Crippen molar-refractivity contribution in [3.63, 3.8) is 0 Å². The van der Waals surface area contributed by atoms with Crippen LogP contribution in [0.3, 0.4) is 0 Å². The zero-order valence-electron chi connectivity index (χ0n) is 24.0. The average molecular weight is 507 g/mol. The van der Waals surface area contributed by atoms with Crippen molar-refractivity contribution in [1.29, 1.82) is 0 Å². The molecule has 0 aromatic heterocycles. The summed E-state index contributed by atoms with van der Waals surface area (Å²) in [5, 5.41) is 0. The second-order valence-electron chi connectivity index (χ2n) is 11.4. The first-order valence-electron chi connectivity index (χ1n) is 15.4. The molecule has 2 heterocycles. The molecule has 2 aliphatic heterocycles. The Balaban J connectivity index is 1.59. The maximum Gasteiger partial charge on any atom is 0.137 e. The van der Waals surface area contributed by atoms with Gasteiger partial charge in [0.1, 0.15) is 23.0 Å². The van der Waals surface area contributed by atoms with E-state index in [1.807, 2.05) is 0 Å². The van der Waals surface area contributed by atoms with Gasteiger partial charge in [0, 0.05) is 24.0 Å². The molecule has 3 nitrogen and oxygen atoms in total. The Morgan fingerprint density at radius 1 is 0.622 bits per heavy atom. The van der Waals surface area contributed by atoms with Crippen molar-refractivity contribution in [2.24, 2.45) is 0 Å². The van der Waals surface area contributed by atoms with Crippen molar-refractivity contribution in [3.05, 3.63) is 46.5 Å². The van der Waals surface area contributed by atoms with Crippen LogP contribution in [-0.4, -0.2) is 13.2 Å². The van der Waals surface area contributed by atoms with Gasteiger partial charge in [0.2, 0.25) is 0 Å². The molecule has 2 aromatic carbocycles. The Labute approximate surface area is 226 Å². The fourth-order valence-corrected chi connectivity index (χ4v) is 6.06. The molecule has 0 bridgehead atoms. The lowest BCUT2D eigenvalue weighted by molar-refractivity contribution is 0.356. The highest BCUT2D eigenvalue weighted by Crippen LogP contribution is 2.47. The van der Waals surface area contributed by atoms with Crippen molar-refractivity contribution < 1.29 is 14.2 Å². The molecule has 0 radical (unpaired) electrons. The van der Waals surface area contributed by atoms with Crippen LogP contribution >= 0.6 is 0 Å². The van der Waals surface area contributed by atoms with Gasteiger partial charge in [-0.3, -0.25) is 0 Å². The lowest BCUT2D eigenvalue weighted by Gasteiger charge is -2.24. The van der Waals surface area contributed by atoms with Crippen molar-refractivity contribution in [2.45, 2.75) is 129 Å². The van der Waals surface area contributed by atoms with Gasteiger partial charge in [-0.25, -0.2) is 0 Å². The summed E-state index contributed by atoms with van der Waals surface area (Å²) in [4.78, 5) is 0. The fourth-order valence-electron chi connectivity index (χ4n) is 6.06. The smallest absolute Gasteiger partial charge is 0.137 e. The molecule has 2 atom stereocenters. The molecule has 2 unspecified atom stereocenters. The monoisotopic (exact) mass is 506 g/mol. The van der Waals surface area contributed by atoms with Crippen molar-refractivity contribution >= 4 is 0 Å². The van der Waals surface area contributed by atoms with Gasteiger partial charge in [0.15, 0.2) is 0 Å². The third kappa shape index (κ3) is 7.03. The summed E-state index contributed by atoms with van der Waals surface area (Å²) < 4.78 is 19.1. The highest BCUT2D eigenvalue weighted by Gasteiger charge is 2.28. The summed E-state index contributed by atoms with van der Waals surface area (Å²) in [6.45, 7) is 10.8. The Hall–Kier alpha value is -2.16. The maximum atomic E-state index is 7.10. The van der Waals surface area contributed by atoms with Crippen molar-refractivity contribution in [3.8, 4) is 23.0 Å². The van der Waals surface area contributed by atoms with Crippen LogP contribution in [0.25, 0.3) is 0 Å². The van der Waals surface area contributed by atoms with E-state index in [1.54, 1.807) is 0 Å². The average Bonchev–Trinajstić information content (AvgIpc) is 3.58. The van der Waals surface area contributed by atoms with Gasteiger partial charge >= 0.3 is 0 Å². The largest absolute Gasteiger partial charge is 0.493 e. The molecule has 4 rings (SSSR count). The van der Waals surface area contributed by atoms with Crippen molar-refractivity contribution in [1.82, 2.24) is 0 Å². The second-order valence-corrected chi connectivity index (χ2v) is 11.4. The fraction of sp³-hybridized carbons (Fsp3) is 0.647. The summed E-state index contributed by atoms with van der Waals surface area (Å²) >= 11 is 0. The predicted octanol–water partition coefficient (Wildman–Crippen LogP) is 10.3. The first-order valence-corrected chi connectivity index (χ1v) is 15.4. The molecule has 0 aliphatic carbocycles. The molecule has 37 heavy (non-hydrogen) atoms. The number of unbranched alkanes of at least 4 members (excludes halogenated alkanes) is 8. The minimum absolute atomic E-state index is 0.468. The van der Waals surface area contributed by atoms with Crippen LogP contribution in [0, 0.1) is 0 Å². The molecule has 0 amide bonds. The van der Waals surface area contributed by atoms with E-state index in [-0.39, 0.29) is 0 Å². The molecule has 2 aromatic rings. The lowest BCUT2D eigenvalue weighted by atomic mass is 9.90. The van der Waals surface area contributed by atoms with Gasteiger partial charge in [0.05, 0.1) is 13.2 Å². The van der Waals surface area contributed by atoms with Crippen LogP contribution in [0.2, 0.25) is 0 Å². The van der Waals surface area contributed by atoms with Crippen LogP contribution in [-0.2, 0) is 12.8 Å². The highest BCUT2D eigenvalue weighted by molar-refractivity contribution is 5.59. The standard InChI is InChI=1S/C34H50O3/c1-5-7-9-11-13-15-25(3)27-17-19-31-29(21-23-35-31)33(27)37-34-28(18-20-32-30(34)22-24-36-32)26(4)16-14-12-10-8-6-2/h17-20,25-26H,5-16,21-24H2,1-4H3. The summed E-state index contributed by atoms with van der Waals surface area (Å²) in [6, 6.07) is 8.90. The SMILES string of the molecule is CCCCCCCC(C)c1ccc2c(c1Oc1c(C(C)CCCCCCC)ccc3c1CCO3)CCO2. The number of benzene rings is 2. The maximum absolute atomic E-state index is 7.10. The molecule has 0 saturated heterocycles. The minimum atomic E-state index is 0.468. The molecular formula is C34H50O3. The van der Waals surface area contributed by atoms with Crippen LogP contribution in [0.15, 0.2) is 24.3 Å². The highest BCUT2D eigenvalue weighted by atomic mass is 16.5. The van der Waals surface area contributed by atoms with E-state index in [0.29, 0.717) is 11.8 Å². The van der Waals surface area contributed by atoms with E-state index in [0.717, 1.165) is 49.1 Å². The van der Waals surface area contributed by atoms with Gasteiger partial charge in [0.25, 0.3) is 0 Å². The normalized spacial score (nSPS) is 15.6.